The van der Waals surface area contributed by atoms with Crippen LogP contribution in [-0.4, -0.2) is 20.9 Å². The molecule has 0 amide bonds. The van der Waals surface area contributed by atoms with Crippen molar-refractivity contribution >= 4 is 5.52 Å². The van der Waals surface area contributed by atoms with Crippen molar-refractivity contribution in [3.8, 4) is 0 Å². The number of fused-ring (bicyclic) bond motifs is 1. The van der Waals surface area contributed by atoms with Crippen LogP contribution in [-0.2, 0) is 0 Å². The summed E-state index contributed by atoms with van der Waals surface area (Å²) >= 11 is 0. The van der Waals surface area contributed by atoms with Crippen LogP contribution in [0.25, 0.3) is 5.52 Å². The number of aliphatic hydroxyl groups excluding tert-OH is 1. The van der Waals surface area contributed by atoms with E-state index in [1.54, 1.807) is 12.1 Å². The summed E-state index contributed by atoms with van der Waals surface area (Å²) in [4.78, 5) is 0. The van der Waals surface area contributed by atoms with Crippen molar-refractivity contribution in [3.63, 3.8) is 0 Å². The fraction of sp³-hybridized carbons (Fsp3) is 0.222. The monoisotopic (exact) mass is 216 g/mol. The van der Waals surface area contributed by atoms with Crippen LogP contribution in [0.4, 0.5) is 13.2 Å². The van der Waals surface area contributed by atoms with Crippen molar-refractivity contribution in [2.24, 2.45) is 0 Å². The molecule has 0 radical (unpaired) electrons. The molecular weight excluding hydrogens is 209 g/mol. The van der Waals surface area contributed by atoms with Gasteiger partial charge in [-0.15, -0.1) is 0 Å². The smallest absolute Gasteiger partial charge is 0.379 e. The van der Waals surface area contributed by atoms with E-state index in [9.17, 15) is 13.2 Å². The average Bonchev–Trinajstić information content (AvgIpc) is 2.58. The highest BCUT2D eigenvalue weighted by atomic mass is 19.4. The Balaban J connectivity index is 2.53. The minimum absolute atomic E-state index is 0.233. The Morgan fingerprint density at radius 1 is 1.33 bits per heavy atom. The molecule has 0 aliphatic carbocycles. The minimum atomic E-state index is -4.67. The predicted molar refractivity (Wildman–Crippen MR) is 46.2 cm³/mol. The number of aliphatic hydroxyl groups is 1. The van der Waals surface area contributed by atoms with Gasteiger partial charge in [-0.2, -0.15) is 18.3 Å². The van der Waals surface area contributed by atoms with Gasteiger partial charge in [-0.1, -0.05) is 6.07 Å². The van der Waals surface area contributed by atoms with Gasteiger partial charge < -0.3 is 5.11 Å². The fourth-order valence-electron chi connectivity index (χ4n) is 1.34. The molecule has 2 heterocycles. The topological polar surface area (TPSA) is 37.5 Å². The van der Waals surface area contributed by atoms with Gasteiger partial charge in [0.25, 0.3) is 0 Å². The summed E-state index contributed by atoms with van der Waals surface area (Å²) in [6.07, 6.45) is -4.62. The van der Waals surface area contributed by atoms with Gasteiger partial charge in [0.2, 0.25) is 0 Å². The maximum absolute atomic E-state index is 12.3. The molecule has 0 saturated carbocycles. The Bertz CT molecular complexity index is 477. The average molecular weight is 216 g/mol. The van der Waals surface area contributed by atoms with Crippen LogP contribution in [0.1, 0.15) is 11.7 Å². The summed E-state index contributed by atoms with van der Waals surface area (Å²) in [5.41, 5.74) is 0.0189. The largest absolute Gasteiger partial charge is 0.418 e. The third-order valence-corrected chi connectivity index (χ3v) is 2.06. The Morgan fingerprint density at radius 2 is 2.07 bits per heavy atom. The van der Waals surface area contributed by atoms with Gasteiger partial charge >= 0.3 is 6.18 Å². The molecule has 0 aliphatic heterocycles. The van der Waals surface area contributed by atoms with Crippen molar-refractivity contribution in [2.75, 3.05) is 0 Å². The highest BCUT2D eigenvalue weighted by Crippen LogP contribution is 2.34. The summed E-state index contributed by atoms with van der Waals surface area (Å²) in [6.45, 7) is 0. The second-order valence-electron chi connectivity index (χ2n) is 3.07. The predicted octanol–water partition coefficient (Wildman–Crippen LogP) is 1.93. The van der Waals surface area contributed by atoms with Crippen LogP contribution in [0.2, 0.25) is 0 Å². The number of pyridine rings is 1. The summed E-state index contributed by atoms with van der Waals surface area (Å²) in [5.74, 6) is 0. The number of halogens is 3. The highest BCUT2D eigenvalue weighted by Gasteiger charge is 2.40. The molecule has 0 unspecified atom stereocenters. The van der Waals surface area contributed by atoms with E-state index >= 15 is 0 Å². The maximum atomic E-state index is 12.3. The molecule has 2 rings (SSSR count). The normalized spacial score (nSPS) is 14.4. The summed E-state index contributed by atoms with van der Waals surface area (Å²) in [6, 6.07) is 4.70. The molecule has 0 aromatic carbocycles. The minimum Gasteiger partial charge on any atom is -0.379 e. The summed E-state index contributed by atoms with van der Waals surface area (Å²) in [7, 11) is 0. The van der Waals surface area contributed by atoms with E-state index in [4.69, 9.17) is 5.11 Å². The maximum Gasteiger partial charge on any atom is 0.418 e. The van der Waals surface area contributed by atoms with Crippen molar-refractivity contribution in [3.05, 3.63) is 36.2 Å². The molecule has 2 aromatic rings. The van der Waals surface area contributed by atoms with Crippen molar-refractivity contribution < 1.29 is 18.3 Å². The van der Waals surface area contributed by atoms with Gasteiger partial charge in [0.05, 0.1) is 11.7 Å². The molecule has 0 aliphatic rings. The Kier molecular flexibility index (Phi) is 2.15. The first kappa shape index (κ1) is 9.97. The lowest BCUT2D eigenvalue weighted by atomic mass is 10.1. The molecule has 3 nitrogen and oxygen atoms in total. The van der Waals surface area contributed by atoms with E-state index in [0.717, 1.165) is 6.20 Å². The third kappa shape index (κ3) is 1.68. The van der Waals surface area contributed by atoms with E-state index < -0.39 is 12.3 Å². The van der Waals surface area contributed by atoms with E-state index in [2.05, 4.69) is 5.10 Å². The molecule has 1 atom stereocenters. The molecule has 15 heavy (non-hydrogen) atoms. The molecule has 0 fully saturated rings. The quantitative estimate of drug-likeness (QED) is 0.790. The lowest BCUT2D eigenvalue weighted by Crippen LogP contribution is -2.19. The van der Waals surface area contributed by atoms with Gasteiger partial charge in [0.15, 0.2) is 6.10 Å². The van der Waals surface area contributed by atoms with E-state index in [1.165, 1.54) is 16.8 Å². The SMILES string of the molecule is O[C@H](c1cnn2ccccc12)C(F)(F)F. The first-order valence-electron chi connectivity index (χ1n) is 4.17. The van der Waals surface area contributed by atoms with Gasteiger partial charge in [0, 0.05) is 11.8 Å². The number of rotatable bonds is 1. The molecule has 0 bridgehead atoms. The standard InChI is InChI=1S/C9H7F3N2O/c10-9(11,12)8(15)6-5-13-14-4-2-1-3-7(6)14/h1-5,8,15H/t8-/m1/s1. The second kappa shape index (κ2) is 3.23. The molecule has 6 heteroatoms. The van der Waals surface area contributed by atoms with E-state index in [0.29, 0.717) is 0 Å². The van der Waals surface area contributed by atoms with Crippen LogP contribution >= 0.6 is 0 Å². The van der Waals surface area contributed by atoms with Crippen molar-refractivity contribution in [2.45, 2.75) is 12.3 Å². The van der Waals surface area contributed by atoms with Crippen LogP contribution in [0, 0.1) is 0 Å². The van der Waals surface area contributed by atoms with Crippen molar-refractivity contribution in [1.29, 1.82) is 0 Å². The van der Waals surface area contributed by atoms with Crippen LogP contribution in [0.15, 0.2) is 30.6 Å². The number of nitrogens with zero attached hydrogens (tertiary/aromatic N) is 2. The zero-order valence-electron chi connectivity index (χ0n) is 7.44. The highest BCUT2D eigenvalue weighted by molar-refractivity contribution is 5.54. The molecule has 80 valence electrons. The zero-order chi connectivity index (χ0) is 11.1. The summed E-state index contributed by atoms with van der Waals surface area (Å²) < 4.78 is 38.0. The molecular formula is C9H7F3N2O. The molecule has 0 spiro atoms. The van der Waals surface area contributed by atoms with E-state index in [-0.39, 0.29) is 11.1 Å². The number of aromatic nitrogens is 2. The van der Waals surface area contributed by atoms with Gasteiger partial charge in [-0.3, -0.25) is 0 Å². The van der Waals surface area contributed by atoms with Gasteiger partial charge in [-0.05, 0) is 12.1 Å². The zero-order valence-corrected chi connectivity index (χ0v) is 7.44. The first-order valence-corrected chi connectivity index (χ1v) is 4.17. The van der Waals surface area contributed by atoms with Gasteiger partial charge in [0.1, 0.15) is 0 Å². The lowest BCUT2D eigenvalue weighted by molar-refractivity contribution is -0.206. The Morgan fingerprint density at radius 3 is 2.73 bits per heavy atom. The van der Waals surface area contributed by atoms with Crippen LogP contribution in [0.3, 0.4) is 0 Å². The Labute approximate surface area is 82.8 Å². The first-order chi connectivity index (χ1) is 7.00. The van der Waals surface area contributed by atoms with Crippen LogP contribution < -0.4 is 0 Å². The molecule has 1 N–H and O–H groups in total. The number of alkyl halides is 3. The van der Waals surface area contributed by atoms with Crippen LogP contribution in [0.5, 0.6) is 0 Å². The van der Waals surface area contributed by atoms with Gasteiger partial charge in [-0.25, -0.2) is 4.52 Å². The fourth-order valence-corrected chi connectivity index (χ4v) is 1.34. The summed E-state index contributed by atoms with van der Waals surface area (Å²) in [5, 5.41) is 12.8. The Hall–Kier alpha value is -1.56. The third-order valence-electron chi connectivity index (χ3n) is 2.06. The number of hydrogen-bond acceptors (Lipinski definition) is 2. The number of hydrogen-bond donors (Lipinski definition) is 1. The molecule has 2 aromatic heterocycles. The second-order valence-corrected chi connectivity index (χ2v) is 3.07. The lowest BCUT2D eigenvalue weighted by Gasteiger charge is -2.12. The molecule has 0 saturated heterocycles. The van der Waals surface area contributed by atoms with Crippen molar-refractivity contribution in [1.82, 2.24) is 9.61 Å². The van der Waals surface area contributed by atoms with E-state index in [1.807, 2.05) is 0 Å².